The van der Waals surface area contributed by atoms with Gasteiger partial charge in [-0.15, -0.1) is 0 Å². The summed E-state index contributed by atoms with van der Waals surface area (Å²) in [6.45, 7) is 0. The largest absolute Gasteiger partial charge is 0.478 e. The fourth-order valence-corrected chi connectivity index (χ4v) is 2.45. The predicted molar refractivity (Wildman–Crippen MR) is 64.6 cm³/mol. The number of nitrogens with zero attached hydrogens (tertiary/aromatic N) is 2. The number of carbonyl (C=O) groups is 1. The number of carboxylic acids is 1. The number of fused-ring (bicyclic) bond motifs is 1. The maximum atomic E-state index is 13.1. The Morgan fingerprint density at radius 3 is 2.55 bits per heavy atom. The molecule has 2 aromatic rings. The normalized spacial score (nSPS) is 16.4. The van der Waals surface area contributed by atoms with Gasteiger partial charge in [-0.1, -0.05) is 0 Å². The van der Waals surface area contributed by atoms with Crippen molar-refractivity contribution in [1.29, 1.82) is 0 Å². The second kappa shape index (κ2) is 4.22. The van der Waals surface area contributed by atoms with E-state index < -0.39 is 18.0 Å². The van der Waals surface area contributed by atoms with Gasteiger partial charge >= 0.3 is 12.1 Å². The fourth-order valence-electron chi connectivity index (χ4n) is 2.45. The van der Waals surface area contributed by atoms with E-state index in [1.807, 2.05) is 0 Å². The second-order valence-corrected chi connectivity index (χ2v) is 4.90. The number of aromatic carboxylic acids is 1. The lowest BCUT2D eigenvalue weighted by molar-refractivity contribution is -0.148. The molecule has 3 rings (SSSR count). The van der Waals surface area contributed by atoms with Crippen LogP contribution in [-0.4, -0.2) is 20.6 Å². The lowest BCUT2D eigenvalue weighted by atomic mass is 9.92. The minimum Gasteiger partial charge on any atom is -0.478 e. The molecule has 0 radical (unpaired) electrons. The van der Waals surface area contributed by atoms with Gasteiger partial charge in [-0.25, -0.2) is 9.78 Å². The van der Waals surface area contributed by atoms with Crippen LogP contribution in [0.1, 0.15) is 41.5 Å². The van der Waals surface area contributed by atoms with Gasteiger partial charge in [0.2, 0.25) is 5.82 Å². The summed E-state index contributed by atoms with van der Waals surface area (Å²) >= 11 is 0. The molecule has 1 heterocycles. The summed E-state index contributed by atoms with van der Waals surface area (Å²) < 4.78 is 40.4. The summed E-state index contributed by atoms with van der Waals surface area (Å²) in [7, 11) is 0. The van der Waals surface area contributed by atoms with Crippen LogP contribution in [0.5, 0.6) is 0 Å². The summed E-state index contributed by atoms with van der Waals surface area (Å²) in [5.41, 5.74) is 0.348. The van der Waals surface area contributed by atoms with Crippen LogP contribution >= 0.6 is 0 Å². The molecule has 106 valence electrons. The first kappa shape index (κ1) is 13.0. The lowest BCUT2D eigenvalue weighted by Crippen LogP contribution is -2.23. The van der Waals surface area contributed by atoms with Crippen LogP contribution in [0.25, 0.3) is 11.0 Å². The van der Waals surface area contributed by atoms with Crippen molar-refractivity contribution in [2.75, 3.05) is 0 Å². The molecule has 7 heteroatoms. The molecular weight excluding hydrogens is 273 g/mol. The number of imidazole rings is 1. The highest BCUT2D eigenvalue weighted by Gasteiger charge is 2.40. The standard InChI is InChI=1S/C13H11F3N2O2/c14-13(15,16)12-17-9-6-7(11(19)20)4-5-10(9)18(12)8-2-1-3-8/h4-6,8H,1-3H2,(H,19,20). The first-order valence-electron chi connectivity index (χ1n) is 6.20. The highest BCUT2D eigenvalue weighted by Crippen LogP contribution is 2.40. The molecule has 0 amide bonds. The molecule has 1 aliphatic carbocycles. The lowest BCUT2D eigenvalue weighted by Gasteiger charge is -2.29. The molecule has 1 saturated carbocycles. The first-order chi connectivity index (χ1) is 9.38. The molecule has 0 saturated heterocycles. The van der Waals surface area contributed by atoms with E-state index in [-0.39, 0.29) is 17.1 Å². The van der Waals surface area contributed by atoms with Gasteiger partial charge in [0.05, 0.1) is 16.6 Å². The van der Waals surface area contributed by atoms with Gasteiger partial charge in [0, 0.05) is 6.04 Å². The number of hydrogen-bond acceptors (Lipinski definition) is 2. The quantitative estimate of drug-likeness (QED) is 0.918. The molecule has 0 unspecified atom stereocenters. The Kier molecular flexibility index (Phi) is 2.74. The number of aromatic nitrogens is 2. The third-order valence-corrected chi connectivity index (χ3v) is 3.63. The molecule has 0 spiro atoms. The van der Waals surface area contributed by atoms with Crippen LogP contribution in [0.2, 0.25) is 0 Å². The van der Waals surface area contributed by atoms with Crippen LogP contribution in [0, 0.1) is 0 Å². The van der Waals surface area contributed by atoms with E-state index in [2.05, 4.69) is 4.98 Å². The molecule has 1 aliphatic rings. The molecule has 1 N–H and O–H groups in total. The highest BCUT2D eigenvalue weighted by atomic mass is 19.4. The molecule has 1 aromatic heterocycles. The maximum absolute atomic E-state index is 13.1. The van der Waals surface area contributed by atoms with Gasteiger partial charge in [-0.05, 0) is 37.5 Å². The Morgan fingerprint density at radius 2 is 2.05 bits per heavy atom. The monoisotopic (exact) mass is 284 g/mol. The van der Waals surface area contributed by atoms with Gasteiger partial charge in [0.1, 0.15) is 0 Å². The zero-order valence-electron chi connectivity index (χ0n) is 10.3. The van der Waals surface area contributed by atoms with Crippen molar-refractivity contribution in [3.8, 4) is 0 Å². The minimum absolute atomic E-state index is 0.0653. The smallest absolute Gasteiger partial charge is 0.449 e. The van der Waals surface area contributed by atoms with E-state index in [4.69, 9.17) is 5.11 Å². The number of rotatable bonds is 2. The Labute approximate surface area is 111 Å². The molecule has 0 bridgehead atoms. The molecule has 0 atom stereocenters. The van der Waals surface area contributed by atoms with Crippen LogP contribution in [0.3, 0.4) is 0 Å². The van der Waals surface area contributed by atoms with Crippen molar-refractivity contribution >= 4 is 17.0 Å². The zero-order valence-corrected chi connectivity index (χ0v) is 10.3. The molecule has 20 heavy (non-hydrogen) atoms. The topological polar surface area (TPSA) is 55.1 Å². The fraction of sp³-hybridized carbons (Fsp3) is 0.385. The summed E-state index contributed by atoms with van der Waals surface area (Å²) in [5, 5.41) is 8.89. The number of hydrogen-bond donors (Lipinski definition) is 1. The third-order valence-electron chi connectivity index (χ3n) is 3.63. The molecule has 0 aliphatic heterocycles. The average molecular weight is 284 g/mol. The van der Waals surface area contributed by atoms with Crippen LogP contribution in [-0.2, 0) is 6.18 Å². The number of benzene rings is 1. The third kappa shape index (κ3) is 1.93. The van der Waals surface area contributed by atoms with E-state index in [9.17, 15) is 18.0 Å². The van der Waals surface area contributed by atoms with E-state index >= 15 is 0 Å². The number of alkyl halides is 3. The van der Waals surface area contributed by atoms with Gasteiger partial charge in [0.25, 0.3) is 0 Å². The first-order valence-corrected chi connectivity index (χ1v) is 6.20. The minimum atomic E-state index is -4.54. The van der Waals surface area contributed by atoms with Gasteiger partial charge in [0.15, 0.2) is 0 Å². The Hall–Kier alpha value is -2.05. The van der Waals surface area contributed by atoms with Crippen LogP contribution < -0.4 is 0 Å². The summed E-state index contributed by atoms with van der Waals surface area (Å²) in [6.07, 6.45) is -2.27. The summed E-state index contributed by atoms with van der Waals surface area (Å²) in [4.78, 5) is 14.5. The van der Waals surface area contributed by atoms with E-state index in [0.717, 1.165) is 6.42 Å². The number of halogens is 3. The Morgan fingerprint density at radius 1 is 1.35 bits per heavy atom. The van der Waals surface area contributed by atoms with E-state index in [1.165, 1.54) is 22.8 Å². The molecule has 1 aromatic carbocycles. The molecule has 4 nitrogen and oxygen atoms in total. The average Bonchev–Trinajstić information content (AvgIpc) is 2.65. The van der Waals surface area contributed by atoms with Crippen LogP contribution in [0.15, 0.2) is 18.2 Å². The van der Waals surface area contributed by atoms with Crippen molar-refractivity contribution in [1.82, 2.24) is 9.55 Å². The summed E-state index contributed by atoms with van der Waals surface area (Å²) in [5.74, 6) is -2.13. The van der Waals surface area contributed by atoms with Gasteiger partial charge in [-0.2, -0.15) is 13.2 Å². The van der Waals surface area contributed by atoms with Crippen molar-refractivity contribution < 1.29 is 23.1 Å². The zero-order chi connectivity index (χ0) is 14.5. The SMILES string of the molecule is O=C(O)c1ccc2c(c1)nc(C(F)(F)F)n2C1CCC1. The predicted octanol–water partition coefficient (Wildman–Crippen LogP) is 3.48. The second-order valence-electron chi connectivity index (χ2n) is 4.90. The number of carboxylic acid groups (broad SMARTS) is 1. The van der Waals surface area contributed by atoms with Crippen molar-refractivity contribution in [2.24, 2.45) is 0 Å². The van der Waals surface area contributed by atoms with Crippen molar-refractivity contribution in [3.63, 3.8) is 0 Å². The van der Waals surface area contributed by atoms with E-state index in [0.29, 0.717) is 18.4 Å². The molecule has 1 fully saturated rings. The van der Waals surface area contributed by atoms with Gasteiger partial charge < -0.3 is 9.67 Å². The van der Waals surface area contributed by atoms with Crippen molar-refractivity contribution in [3.05, 3.63) is 29.6 Å². The summed E-state index contributed by atoms with van der Waals surface area (Å²) in [6, 6.07) is 3.69. The van der Waals surface area contributed by atoms with E-state index in [1.54, 1.807) is 0 Å². The highest BCUT2D eigenvalue weighted by molar-refractivity contribution is 5.92. The maximum Gasteiger partial charge on any atom is 0.449 e. The Bertz CT molecular complexity index is 687. The van der Waals surface area contributed by atoms with Crippen LogP contribution in [0.4, 0.5) is 13.2 Å². The van der Waals surface area contributed by atoms with Gasteiger partial charge in [-0.3, -0.25) is 0 Å². The van der Waals surface area contributed by atoms with Crippen molar-refractivity contribution in [2.45, 2.75) is 31.5 Å². The Balaban J connectivity index is 2.23. The molecular formula is C13H11F3N2O2.